The van der Waals surface area contributed by atoms with Crippen LogP contribution in [0.4, 0.5) is 0 Å². The van der Waals surface area contributed by atoms with E-state index in [1.165, 1.54) is 7.11 Å². The number of carbonyl (C=O) groups is 1. The zero-order valence-electron chi connectivity index (χ0n) is 11.9. The summed E-state index contributed by atoms with van der Waals surface area (Å²) in [6.45, 7) is 0.193. The number of azide groups is 1. The van der Waals surface area contributed by atoms with Crippen molar-refractivity contribution < 1.29 is 23.7 Å². The number of ketones is 1. The van der Waals surface area contributed by atoms with Gasteiger partial charge in [0.2, 0.25) is 0 Å². The van der Waals surface area contributed by atoms with Crippen molar-refractivity contribution in [3.63, 3.8) is 0 Å². The molecule has 0 aromatic heterocycles. The Morgan fingerprint density at radius 1 is 1.32 bits per heavy atom. The van der Waals surface area contributed by atoms with E-state index in [1.54, 1.807) is 0 Å². The summed E-state index contributed by atoms with van der Waals surface area (Å²) in [5.41, 5.74) is 9.41. The summed E-state index contributed by atoms with van der Waals surface area (Å²) < 4.78 is 22.0. The van der Waals surface area contributed by atoms with Crippen LogP contribution >= 0.6 is 0 Å². The number of Topliss-reactive ketones (excluding diaryl/α,β-unsaturated/α-hetero) is 1. The van der Waals surface area contributed by atoms with Crippen molar-refractivity contribution in [3.8, 4) is 0 Å². The van der Waals surface area contributed by atoms with Crippen LogP contribution in [-0.4, -0.2) is 44.0 Å². The van der Waals surface area contributed by atoms with Gasteiger partial charge in [-0.1, -0.05) is 35.4 Å². The van der Waals surface area contributed by atoms with Gasteiger partial charge in [-0.15, -0.1) is 0 Å². The summed E-state index contributed by atoms with van der Waals surface area (Å²) in [7, 11) is 1.38. The Labute approximate surface area is 126 Å². The van der Waals surface area contributed by atoms with E-state index >= 15 is 0 Å². The van der Waals surface area contributed by atoms with Gasteiger partial charge in [-0.3, -0.25) is 4.79 Å². The number of ether oxygens (including phenoxy) is 4. The summed E-state index contributed by atoms with van der Waals surface area (Å²) in [4.78, 5) is 15.2. The van der Waals surface area contributed by atoms with Gasteiger partial charge in [0.15, 0.2) is 18.4 Å². The second-order valence-corrected chi connectivity index (χ2v) is 4.96. The molecule has 0 amide bonds. The van der Waals surface area contributed by atoms with Crippen LogP contribution in [0.3, 0.4) is 0 Å². The van der Waals surface area contributed by atoms with Crippen molar-refractivity contribution in [2.75, 3.05) is 13.7 Å². The molecule has 5 atom stereocenters. The van der Waals surface area contributed by atoms with Crippen molar-refractivity contribution in [1.29, 1.82) is 0 Å². The van der Waals surface area contributed by atoms with E-state index in [2.05, 4.69) is 10.0 Å². The number of hydrogen-bond donors (Lipinski definition) is 0. The van der Waals surface area contributed by atoms with E-state index in [0.717, 1.165) is 5.56 Å². The van der Waals surface area contributed by atoms with Crippen molar-refractivity contribution in [2.45, 2.75) is 30.8 Å². The predicted molar refractivity (Wildman–Crippen MR) is 73.6 cm³/mol. The van der Waals surface area contributed by atoms with Crippen LogP contribution in [0.2, 0.25) is 0 Å². The topological polar surface area (TPSA) is 103 Å². The van der Waals surface area contributed by atoms with Gasteiger partial charge >= 0.3 is 0 Å². The van der Waals surface area contributed by atoms with Gasteiger partial charge in [0.1, 0.15) is 18.2 Å². The molecular formula is C14H15N3O5. The van der Waals surface area contributed by atoms with Crippen molar-refractivity contribution in [3.05, 3.63) is 46.3 Å². The van der Waals surface area contributed by atoms with Gasteiger partial charge in [0.05, 0.1) is 6.61 Å². The van der Waals surface area contributed by atoms with Gasteiger partial charge in [-0.2, -0.15) is 0 Å². The zero-order valence-corrected chi connectivity index (χ0v) is 11.9. The Morgan fingerprint density at radius 3 is 2.77 bits per heavy atom. The number of carbonyl (C=O) groups excluding carboxylic acids is 1. The highest BCUT2D eigenvalue weighted by Gasteiger charge is 2.49. The van der Waals surface area contributed by atoms with E-state index < -0.39 is 30.8 Å². The third-order valence-corrected chi connectivity index (χ3v) is 3.64. The first-order chi connectivity index (χ1) is 10.7. The SMILES string of the molecule is CO[C@@H]1O[C@@H]2CO[C@H](c3ccccc3)O[C@H]2C(=O)[C@H]1N=[N+]=[N-]. The number of rotatable bonds is 3. The molecule has 2 aliphatic heterocycles. The maximum absolute atomic E-state index is 12.5. The van der Waals surface area contributed by atoms with Gasteiger partial charge < -0.3 is 18.9 Å². The lowest BCUT2D eigenvalue weighted by Gasteiger charge is -2.42. The average molecular weight is 305 g/mol. The van der Waals surface area contributed by atoms with Gasteiger partial charge in [-0.25, -0.2) is 0 Å². The first-order valence-electron chi connectivity index (χ1n) is 6.83. The molecule has 0 bridgehead atoms. The van der Waals surface area contributed by atoms with Crippen molar-refractivity contribution in [2.24, 2.45) is 5.11 Å². The maximum Gasteiger partial charge on any atom is 0.184 e. The molecule has 0 unspecified atom stereocenters. The van der Waals surface area contributed by atoms with Crippen LogP contribution < -0.4 is 0 Å². The van der Waals surface area contributed by atoms with Crippen LogP contribution in [0.1, 0.15) is 11.9 Å². The number of nitrogens with zero attached hydrogens (tertiary/aromatic N) is 3. The molecule has 22 heavy (non-hydrogen) atoms. The standard InChI is InChI=1S/C14H15N3O5/c1-19-14-10(16-17-15)11(18)12-9(21-14)7-20-13(22-12)8-5-3-2-4-6-8/h2-6,9-10,12-14H,7H2,1H3/t9-,10-,12-,13+,14-/m1/s1. The quantitative estimate of drug-likeness (QED) is 0.480. The molecule has 0 saturated carbocycles. The summed E-state index contributed by atoms with van der Waals surface area (Å²) in [5, 5.41) is 3.47. The number of benzene rings is 1. The fourth-order valence-electron chi connectivity index (χ4n) is 2.58. The zero-order chi connectivity index (χ0) is 15.5. The smallest absolute Gasteiger partial charge is 0.184 e. The molecule has 0 spiro atoms. The molecule has 8 nitrogen and oxygen atoms in total. The Balaban J connectivity index is 1.80. The molecule has 2 aliphatic rings. The third kappa shape index (κ3) is 2.70. The normalized spacial score (nSPS) is 34.6. The summed E-state index contributed by atoms with van der Waals surface area (Å²) >= 11 is 0. The summed E-state index contributed by atoms with van der Waals surface area (Å²) in [6, 6.07) is 8.23. The van der Waals surface area contributed by atoms with Crippen LogP contribution in [0.25, 0.3) is 10.4 Å². The Morgan fingerprint density at radius 2 is 2.09 bits per heavy atom. The van der Waals surface area contributed by atoms with E-state index in [4.69, 9.17) is 24.5 Å². The third-order valence-electron chi connectivity index (χ3n) is 3.64. The van der Waals surface area contributed by atoms with E-state index in [-0.39, 0.29) is 12.4 Å². The van der Waals surface area contributed by atoms with Gasteiger partial charge in [-0.05, 0) is 5.53 Å². The average Bonchev–Trinajstić information content (AvgIpc) is 2.58. The molecule has 0 aliphatic carbocycles. The van der Waals surface area contributed by atoms with Gasteiger partial charge in [0, 0.05) is 17.6 Å². The Kier molecular flexibility index (Phi) is 4.37. The lowest BCUT2D eigenvalue weighted by Crippen LogP contribution is -2.59. The minimum absolute atomic E-state index is 0.193. The largest absolute Gasteiger partial charge is 0.355 e. The van der Waals surface area contributed by atoms with Crippen LogP contribution in [0.5, 0.6) is 0 Å². The first kappa shape index (κ1) is 15.0. The highest BCUT2D eigenvalue weighted by Crippen LogP contribution is 2.33. The van der Waals surface area contributed by atoms with E-state index in [1.807, 2.05) is 30.3 Å². The summed E-state index contributed by atoms with van der Waals surface area (Å²) in [5.74, 6) is -0.356. The fourth-order valence-corrected chi connectivity index (χ4v) is 2.58. The van der Waals surface area contributed by atoms with Crippen molar-refractivity contribution >= 4 is 5.78 Å². The van der Waals surface area contributed by atoms with Gasteiger partial charge in [0.25, 0.3) is 0 Å². The Hall–Kier alpha value is -1.96. The molecule has 3 rings (SSSR count). The molecule has 2 saturated heterocycles. The van der Waals surface area contributed by atoms with Crippen LogP contribution in [0.15, 0.2) is 35.4 Å². The summed E-state index contributed by atoms with van der Waals surface area (Å²) in [6.07, 6.45) is -3.01. The highest BCUT2D eigenvalue weighted by atomic mass is 16.7. The lowest BCUT2D eigenvalue weighted by atomic mass is 9.98. The monoisotopic (exact) mass is 305 g/mol. The molecule has 116 valence electrons. The molecule has 0 N–H and O–H groups in total. The predicted octanol–water partition coefficient (Wildman–Crippen LogP) is 1.72. The second kappa shape index (κ2) is 6.43. The fraction of sp³-hybridized carbons (Fsp3) is 0.500. The van der Waals surface area contributed by atoms with Crippen LogP contribution in [0, 0.1) is 0 Å². The highest BCUT2D eigenvalue weighted by molar-refractivity contribution is 5.90. The molecule has 0 radical (unpaired) electrons. The lowest BCUT2D eigenvalue weighted by molar-refractivity contribution is -0.301. The number of methoxy groups -OCH3 is 1. The second-order valence-electron chi connectivity index (χ2n) is 4.96. The molecular weight excluding hydrogens is 290 g/mol. The Bertz CT molecular complexity index is 589. The first-order valence-corrected chi connectivity index (χ1v) is 6.83. The minimum Gasteiger partial charge on any atom is -0.355 e. The van der Waals surface area contributed by atoms with E-state index in [0.29, 0.717) is 0 Å². The maximum atomic E-state index is 12.5. The van der Waals surface area contributed by atoms with Crippen molar-refractivity contribution in [1.82, 2.24) is 0 Å². The molecule has 8 heteroatoms. The number of hydrogen-bond acceptors (Lipinski definition) is 6. The van der Waals surface area contributed by atoms with E-state index in [9.17, 15) is 4.79 Å². The molecule has 2 fully saturated rings. The minimum atomic E-state index is -1.06. The number of fused-ring (bicyclic) bond motifs is 1. The molecule has 1 aromatic rings. The van der Waals surface area contributed by atoms with Crippen LogP contribution in [-0.2, 0) is 23.7 Å². The molecule has 2 heterocycles. The molecule has 1 aromatic carbocycles.